The lowest BCUT2D eigenvalue weighted by atomic mass is 9.77. The first kappa shape index (κ1) is 18.3. The van der Waals surface area contributed by atoms with Crippen LogP contribution in [0.2, 0.25) is 0 Å². The number of allylic oxidation sites excluding steroid dienone is 8. The Morgan fingerprint density at radius 2 is 1.97 bits per heavy atom. The van der Waals surface area contributed by atoms with Crippen molar-refractivity contribution in [2.75, 3.05) is 0 Å². The van der Waals surface area contributed by atoms with Gasteiger partial charge in [0.1, 0.15) is 11.9 Å². The normalized spacial score (nSPS) is 28.0. The molecule has 0 spiro atoms. The van der Waals surface area contributed by atoms with Gasteiger partial charge in [0.2, 0.25) is 0 Å². The van der Waals surface area contributed by atoms with E-state index in [-0.39, 0.29) is 6.10 Å². The summed E-state index contributed by atoms with van der Waals surface area (Å²) in [6.45, 7) is 0. The van der Waals surface area contributed by atoms with Gasteiger partial charge < -0.3 is 9.72 Å². The molecule has 32 heavy (non-hydrogen) atoms. The van der Waals surface area contributed by atoms with Crippen LogP contribution in [0.3, 0.4) is 0 Å². The minimum absolute atomic E-state index is 0.153. The Labute approximate surface area is 189 Å². The Balaban J connectivity index is 1.18. The molecule has 2 heterocycles. The molecule has 1 aliphatic heterocycles. The number of aromatic amines is 1. The van der Waals surface area contributed by atoms with Crippen LogP contribution in [0.15, 0.2) is 101 Å². The number of rotatable bonds is 2. The molecule has 2 heteroatoms. The van der Waals surface area contributed by atoms with Gasteiger partial charge in [0.15, 0.2) is 0 Å². The lowest BCUT2D eigenvalue weighted by molar-refractivity contribution is 0.164. The molecular formula is C30H27NO. The van der Waals surface area contributed by atoms with E-state index in [4.69, 9.17) is 4.74 Å². The lowest BCUT2D eigenvalue weighted by Gasteiger charge is -2.29. The highest BCUT2D eigenvalue weighted by molar-refractivity contribution is 5.88. The summed E-state index contributed by atoms with van der Waals surface area (Å²) in [5.41, 5.74) is 9.77. The Kier molecular flexibility index (Phi) is 4.08. The molecule has 0 fully saturated rings. The first-order valence-electron chi connectivity index (χ1n) is 12.0. The predicted molar refractivity (Wildman–Crippen MR) is 131 cm³/mol. The summed E-state index contributed by atoms with van der Waals surface area (Å²) in [5, 5.41) is 1.37. The van der Waals surface area contributed by atoms with Gasteiger partial charge in [0.05, 0.1) is 0 Å². The third kappa shape index (κ3) is 2.79. The van der Waals surface area contributed by atoms with E-state index in [0.29, 0.717) is 11.8 Å². The fraction of sp³-hybridized carbons (Fsp3) is 0.267. The molecule has 3 atom stereocenters. The quantitative estimate of drug-likeness (QED) is 0.553. The summed E-state index contributed by atoms with van der Waals surface area (Å²) in [6, 6.07) is 8.68. The van der Waals surface area contributed by atoms with Gasteiger partial charge in [-0.05, 0) is 78.2 Å². The highest BCUT2D eigenvalue weighted by atomic mass is 16.5. The molecule has 0 amide bonds. The first-order valence-corrected chi connectivity index (χ1v) is 12.0. The zero-order valence-electron chi connectivity index (χ0n) is 18.2. The smallest absolute Gasteiger partial charge is 0.134 e. The summed E-state index contributed by atoms with van der Waals surface area (Å²) >= 11 is 0. The van der Waals surface area contributed by atoms with Gasteiger partial charge >= 0.3 is 0 Å². The molecule has 3 unspecified atom stereocenters. The average molecular weight is 418 g/mol. The van der Waals surface area contributed by atoms with Crippen molar-refractivity contribution in [3.63, 3.8) is 0 Å². The molecule has 0 bridgehead atoms. The number of benzene rings is 1. The van der Waals surface area contributed by atoms with Crippen LogP contribution in [0.1, 0.15) is 36.9 Å². The molecule has 1 N–H and O–H groups in total. The van der Waals surface area contributed by atoms with Crippen molar-refractivity contribution in [2.24, 2.45) is 11.8 Å². The van der Waals surface area contributed by atoms with Crippen LogP contribution in [0.25, 0.3) is 17.0 Å². The molecular weight excluding hydrogens is 390 g/mol. The second kappa shape index (κ2) is 7.13. The number of ether oxygens (including phenoxy) is 1. The van der Waals surface area contributed by atoms with E-state index in [2.05, 4.69) is 83.9 Å². The van der Waals surface area contributed by atoms with E-state index < -0.39 is 0 Å². The third-order valence-corrected chi connectivity index (χ3v) is 7.75. The van der Waals surface area contributed by atoms with E-state index in [1.165, 1.54) is 44.5 Å². The number of hydrogen-bond donors (Lipinski definition) is 1. The van der Waals surface area contributed by atoms with Crippen LogP contribution < -0.4 is 0 Å². The molecule has 158 valence electrons. The highest BCUT2D eigenvalue weighted by Gasteiger charge is 2.39. The second-order valence-corrected chi connectivity index (χ2v) is 9.55. The number of H-pyrrole nitrogens is 1. The Hall–Kier alpha value is -3.26. The van der Waals surface area contributed by atoms with Crippen molar-refractivity contribution in [2.45, 2.75) is 38.2 Å². The standard InChI is InChI=1S/C30H27NO/c1-3-13-27-23(9-1)26-18-20(15-16-28(26)31-27)19-7-5-8-21(17-19)22-11-6-12-25-24-10-2-4-14-29(24)32-30(22)25/h1,3-4,6-7,9,11-17,20,25,30-31H,2,5,8,10,18H2. The Morgan fingerprint density at radius 1 is 1.00 bits per heavy atom. The van der Waals surface area contributed by atoms with E-state index >= 15 is 0 Å². The van der Waals surface area contributed by atoms with Gasteiger partial charge in [0, 0.05) is 28.4 Å². The maximum atomic E-state index is 6.49. The van der Waals surface area contributed by atoms with Gasteiger partial charge in [-0.15, -0.1) is 0 Å². The summed E-state index contributed by atoms with van der Waals surface area (Å²) in [7, 11) is 0. The van der Waals surface area contributed by atoms with Crippen molar-refractivity contribution in [3.05, 3.63) is 112 Å². The van der Waals surface area contributed by atoms with Crippen LogP contribution in [0.5, 0.6) is 0 Å². The zero-order chi connectivity index (χ0) is 21.1. The molecule has 7 rings (SSSR count). The molecule has 2 aromatic rings. The van der Waals surface area contributed by atoms with Gasteiger partial charge in [-0.25, -0.2) is 0 Å². The summed E-state index contributed by atoms with van der Waals surface area (Å²) in [6.07, 6.45) is 26.6. The third-order valence-electron chi connectivity index (χ3n) is 7.75. The molecule has 0 radical (unpaired) electrons. The SMILES string of the molecule is C1=CC2C3=C(C=CCC3)OC2C(C2=CC(C3C=Cc4[nH]c5ccccc5c4C3)=CCC2)=C1. The molecule has 5 aliphatic rings. The maximum Gasteiger partial charge on any atom is 0.134 e. The van der Waals surface area contributed by atoms with E-state index in [1.54, 1.807) is 0 Å². The number of fused-ring (bicyclic) bond motifs is 5. The van der Waals surface area contributed by atoms with E-state index in [9.17, 15) is 0 Å². The Bertz CT molecular complexity index is 1340. The van der Waals surface area contributed by atoms with Crippen LogP contribution in [0, 0.1) is 11.8 Å². The zero-order valence-corrected chi connectivity index (χ0v) is 18.2. The molecule has 4 aliphatic carbocycles. The van der Waals surface area contributed by atoms with Crippen LogP contribution in [-0.2, 0) is 11.2 Å². The first-order chi connectivity index (χ1) is 15.8. The van der Waals surface area contributed by atoms with Crippen LogP contribution in [-0.4, -0.2) is 11.1 Å². The number of aromatic nitrogens is 1. The van der Waals surface area contributed by atoms with Gasteiger partial charge in [-0.3, -0.25) is 0 Å². The van der Waals surface area contributed by atoms with Crippen molar-refractivity contribution in [1.82, 2.24) is 4.98 Å². The summed E-state index contributed by atoms with van der Waals surface area (Å²) in [4.78, 5) is 3.58. The lowest BCUT2D eigenvalue weighted by Crippen LogP contribution is -2.24. The van der Waals surface area contributed by atoms with Crippen molar-refractivity contribution >= 4 is 17.0 Å². The van der Waals surface area contributed by atoms with Crippen molar-refractivity contribution < 1.29 is 4.74 Å². The molecule has 2 nitrogen and oxygen atoms in total. The molecule has 0 saturated carbocycles. The summed E-state index contributed by atoms with van der Waals surface area (Å²) < 4.78 is 6.49. The van der Waals surface area contributed by atoms with Gasteiger partial charge in [-0.1, -0.05) is 60.7 Å². The van der Waals surface area contributed by atoms with Crippen LogP contribution in [0.4, 0.5) is 0 Å². The molecule has 0 saturated heterocycles. The van der Waals surface area contributed by atoms with E-state index in [1.807, 2.05) is 0 Å². The van der Waals surface area contributed by atoms with E-state index in [0.717, 1.165) is 37.9 Å². The van der Waals surface area contributed by atoms with Crippen molar-refractivity contribution in [3.8, 4) is 0 Å². The minimum Gasteiger partial charge on any atom is -0.485 e. The summed E-state index contributed by atoms with van der Waals surface area (Å²) in [5.74, 6) is 1.97. The molecule has 1 aromatic heterocycles. The maximum absolute atomic E-state index is 6.49. The van der Waals surface area contributed by atoms with Crippen LogP contribution >= 0.6 is 0 Å². The second-order valence-electron chi connectivity index (χ2n) is 9.55. The van der Waals surface area contributed by atoms with Crippen molar-refractivity contribution in [1.29, 1.82) is 0 Å². The Morgan fingerprint density at radius 3 is 2.97 bits per heavy atom. The molecule has 1 aromatic carbocycles. The minimum atomic E-state index is 0.153. The number of hydrogen-bond acceptors (Lipinski definition) is 1. The predicted octanol–water partition coefficient (Wildman–Crippen LogP) is 7.12. The number of para-hydroxylation sites is 1. The topological polar surface area (TPSA) is 25.0 Å². The van der Waals surface area contributed by atoms with Gasteiger partial charge in [0.25, 0.3) is 0 Å². The largest absolute Gasteiger partial charge is 0.485 e. The fourth-order valence-electron chi connectivity index (χ4n) is 6.16. The van der Waals surface area contributed by atoms with Gasteiger partial charge in [-0.2, -0.15) is 0 Å². The fourth-order valence-corrected chi connectivity index (χ4v) is 6.16. The number of nitrogens with one attached hydrogen (secondary N) is 1. The monoisotopic (exact) mass is 417 g/mol. The highest BCUT2D eigenvalue weighted by Crippen LogP contribution is 2.45. The average Bonchev–Trinajstić information content (AvgIpc) is 3.42.